The Morgan fingerprint density at radius 1 is 0.882 bits per heavy atom. The third-order valence-electron chi connectivity index (χ3n) is 5.45. The number of methoxy groups -OCH3 is 1. The van der Waals surface area contributed by atoms with Gasteiger partial charge in [-0.3, -0.25) is 0 Å². The molecule has 0 spiro atoms. The summed E-state index contributed by atoms with van der Waals surface area (Å²) in [5, 5.41) is 10.8. The Balaban J connectivity index is 1.70. The smallest absolute Gasteiger partial charge is 0.367 e. The van der Waals surface area contributed by atoms with E-state index in [9.17, 15) is 4.79 Å². The Kier molecular flexibility index (Phi) is 6.04. The molecule has 5 aromatic rings. The SMILES string of the molecule is COc1ccc(Cn2nc3c(-c4ccc(Cl)cc4)c(-c4ccc(Cl)cc4)cnn3c2=O)cc1Cl. The molecule has 170 valence electrons. The van der Waals surface area contributed by atoms with Crippen molar-refractivity contribution in [3.8, 4) is 28.0 Å². The van der Waals surface area contributed by atoms with E-state index >= 15 is 0 Å². The fourth-order valence-corrected chi connectivity index (χ4v) is 4.33. The topological polar surface area (TPSA) is 61.4 Å². The highest BCUT2D eigenvalue weighted by molar-refractivity contribution is 6.32. The van der Waals surface area contributed by atoms with E-state index in [1.165, 1.54) is 9.20 Å². The molecule has 0 saturated carbocycles. The normalized spacial score (nSPS) is 11.2. The maximum Gasteiger partial charge on any atom is 0.367 e. The maximum atomic E-state index is 13.2. The van der Waals surface area contributed by atoms with Crippen LogP contribution in [-0.2, 0) is 6.54 Å². The standard InChI is InChI=1S/C25H17Cl3N4O2/c1-34-22-11-2-15(12-21(22)28)14-31-25(33)32-24(30-31)23(17-5-9-19(27)10-6-17)20(13-29-32)16-3-7-18(26)8-4-16/h2-13H,14H2,1H3. The summed E-state index contributed by atoms with van der Waals surface area (Å²) >= 11 is 18.5. The molecule has 0 aliphatic heterocycles. The van der Waals surface area contributed by atoms with Crippen molar-refractivity contribution in [1.29, 1.82) is 0 Å². The zero-order chi connectivity index (χ0) is 23.8. The molecule has 6 nitrogen and oxygen atoms in total. The van der Waals surface area contributed by atoms with Crippen LogP contribution in [0.1, 0.15) is 5.56 Å². The third kappa shape index (κ3) is 4.16. The summed E-state index contributed by atoms with van der Waals surface area (Å²) in [5.74, 6) is 0.562. The van der Waals surface area contributed by atoms with Gasteiger partial charge >= 0.3 is 5.69 Å². The van der Waals surface area contributed by atoms with E-state index in [1.54, 1.807) is 37.6 Å². The van der Waals surface area contributed by atoms with Crippen LogP contribution in [-0.4, -0.2) is 26.5 Å². The number of hydrogen-bond acceptors (Lipinski definition) is 4. The molecular weight excluding hydrogens is 495 g/mol. The van der Waals surface area contributed by atoms with Gasteiger partial charge in [-0.05, 0) is 53.1 Å². The van der Waals surface area contributed by atoms with Gasteiger partial charge in [-0.25, -0.2) is 9.48 Å². The zero-order valence-electron chi connectivity index (χ0n) is 17.9. The highest BCUT2D eigenvalue weighted by Gasteiger charge is 2.19. The van der Waals surface area contributed by atoms with Crippen LogP contribution in [0.25, 0.3) is 27.9 Å². The van der Waals surface area contributed by atoms with Crippen molar-refractivity contribution in [2.45, 2.75) is 6.54 Å². The van der Waals surface area contributed by atoms with Gasteiger partial charge < -0.3 is 4.74 Å². The predicted octanol–water partition coefficient (Wildman–Crippen LogP) is 6.24. The van der Waals surface area contributed by atoms with Gasteiger partial charge in [0.05, 0.1) is 24.9 Å². The largest absolute Gasteiger partial charge is 0.495 e. The second-order valence-electron chi connectivity index (χ2n) is 7.59. The Morgan fingerprint density at radius 2 is 1.53 bits per heavy atom. The fraction of sp³-hybridized carbons (Fsp3) is 0.0800. The summed E-state index contributed by atoms with van der Waals surface area (Å²) in [7, 11) is 1.55. The van der Waals surface area contributed by atoms with Crippen molar-refractivity contribution in [1.82, 2.24) is 19.4 Å². The molecule has 34 heavy (non-hydrogen) atoms. The molecule has 0 unspecified atom stereocenters. The second kappa shape index (κ2) is 9.14. The average molecular weight is 512 g/mol. The van der Waals surface area contributed by atoms with E-state index < -0.39 is 0 Å². The van der Waals surface area contributed by atoms with Crippen LogP contribution in [0.15, 0.2) is 77.7 Å². The van der Waals surface area contributed by atoms with Gasteiger partial charge in [-0.15, -0.1) is 5.10 Å². The minimum atomic E-state index is -0.361. The number of benzene rings is 3. The average Bonchev–Trinajstić information content (AvgIpc) is 3.15. The van der Waals surface area contributed by atoms with E-state index in [-0.39, 0.29) is 12.2 Å². The van der Waals surface area contributed by atoms with E-state index in [0.717, 1.165) is 27.8 Å². The molecule has 0 radical (unpaired) electrons. The first-order valence-corrected chi connectivity index (χ1v) is 11.4. The van der Waals surface area contributed by atoms with Gasteiger partial charge in [0, 0.05) is 21.2 Å². The van der Waals surface area contributed by atoms with Gasteiger partial charge in [0.2, 0.25) is 0 Å². The van der Waals surface area contributed by atoms with Crippen LogP contribution in [0.5, 0.6) is 5.75 Å². The molecule has 0 saturated heterocycles. The van der Waals surface area contributed by atoms with Crippen LogP contribution in [0.2, 0.25) is 15.1 Å². The van der Waals surface area contributed by atoms with Gasteiger partial charge in [0.1, 0.15) is 5.75 Å². The van der Waals surface area contributed by atoms with Crippen LogP contribution in [0.4, 0.5) is 0 Å². The Bertz CT molecular complexity index is 1560. The lowest BCUT2D eigenvalue weighted by molar-refractivity contribution is 0.415. The minimum Gasteiger partial charge on any atom is -0.495 e. The fourth-order valence-electron chi connectivity index (χ4n) is 3.79. The highest BCUT2D eigenvalue weighted by atomic mass is 35.5. The number of fused-ring (bicyclic) bond motifs is 1. The van der Waals surface area contributed by atoms with Crippen molar-refractivity contribution in [2.75, 3.05) is 7.11 Å². The highest BCUT2D eigenvalue weighted by Crippen LogP contribution is 2.35. The predicted molar refractivity (Wildman–Crippen MR) is 135 cm³/mol. The number of aromatic nitrogens is 4. The molecule has 9 heteroatoms. The van der Waals surface area contributed by atoms with Crippen molar-refractivity contribution < 1.29 is 4.74 Å². The zero-order valence-corrected chi connectivity index (χ0v) is 20.1. The van der Waals surface area contributed by atoms with Crippen LogP contribution < -0.4 is 10.4 Å². The molecule has 0 aliphatic carbocycles. The minimum absolute atomic E-state index is 0.224. The summed E-state index contributed by atoms with van der Waals surface area (Å²) in [6.07, 6.45) is 1.66. The van der Waals surface area contributed by atoms with E-state index in [2.05, 4.69) is 10.2 Å². The van der Waals surface area contributed by atoms with Gasteiger partial charge in [-0.1, -0.05) is 65.1 Å². The van der Waals surface area contributed by atoms with E-state index in [1.807, 2.05) is 42.5 Å². The van der Waals surface area contributed by atoms with Crippen molar-refractivity contribution in [3.63, 3.8) is 0 Å². The van der Waals surface area contributed by atoms with Gasteiger partial charge in [0.25, 0.3) is 0 Å². The van der Waals surface area contributed by atoms with Crippen LogP contribution in [0, 0.1) is 0 Å². The number of ether oxygens (including phenoxy) is 1. The first kappa shape index (κ1) is 22.5. The summed E-state index contributed by atoms with van der Waals surface area (Å²) in [4.78, 5) is 13.2. The lowest BCUT2D eigenvalue weighted by Crippen LogP contribution is -2.23. The first-order chi connectivity index (χ1) is 16.4. The third-order valence-corrected chi connectivity index (χ3v) is 6.25. The molecule has 2 heterocycles. The summed E-state index contributed by atoms with van der Waals surface area (Å²) < 4.78 is 7.88. The molecule has 0 amide bonds. The molecular formula is C25H17Cl3N4O2. The quantitative estimate of drug-likeness (QED) is 0.280. The van der Waals surface area contributed by atoms with Crippen molar-refractivity contribution in [3.05, 3.63) is 104 Å². The second-order valence-corrected chi connectivity index (χ2v) is 8.87. The Labute approximate surface area is 209 Å². The Morgan fingerprint density at radius 3 is 2.15 bits per heavy atom. The van der Waals surface area contributed by atoms with Gasteiger partial charge in [0.15, 0.2) is 5.65 Å². The molecule has 0 bridgehead atoms. The number of hydrogen-bond donors (Lipinski definition) is 0. The van der Waals surface area contributed by atoms with E-state index in [4.69, 9.17) is 39.5 Å². The molecule has 0 fully saturated rings. The molecule has 3 aromatic carbocycles. The number of rotatable bonds is 5. The maximum absolute atomic E-state index is 13.2. The van der Waals surface area contributed by atoms with Gasteiger partial charge in [-0.2, -0.15) is 9.61 Å². The molecule has 0 atom stereocenters. The summed E-state index contributed by atoms with van der Waals surface area (Å²) in [5.41, 5.74) is 4.20. The molecule has 2 aromatic heterocycles. The monoisotopic (exact) mass is 510 g/mol. The molecule has 0 N–H and O–H groups in total. The molecule has 5 rings (SSSR count). The first-order valence-electron chi connectivity index (χ1n) is 10.3. The summed E-state index contributed by atoms with van der Waals surface area (Å²) in [6, 6.07) is 20.2. The van der Waals surface area contributed by atoms with E-state index in [0.29, 0.717) is 26.5 Å². The van der Waals surface area contributed by atoms with Crippen molar-refractivity contribution in [2.24, 2.45) is 0 Å². The number of halogens is 3. The molecule has 0 aliphatic rings. The number of nitrogens with zero attached hydrogens (tertiary/aromatic N) is 4. The summed E-state index contributed by atoms with van der Waals surface area (Å²) in [6.45, 7) is 0.224. The van der Waals surface area contributed by atoms with Crippen LogP contribution >= 0.6 is 34.8 Å². The van der Waals surface area contributed by atoms with Crippen molar-refractivity contribution >= 4 is 40.4 Å². The Hall–Kier alpha value is -3.32. The van der Waals surface area contributed by atoms with Crippen LogP contribution in [0.3, 0.4) is 0 Å². The lowest BCUT2D eigenvalue weighted by Gasteiger charge is -2.11. The lowest BCUT2D eigenvalue weighted by atomic mass is 9.97.